The molecular formula is C53H92NO8P. The van der Waals surface area contributed by atoms with Crippen molar-refractivity contribution in [1.82, 2.24) is 5.32 Å². The number of amides is 1. The van der Waals surface area contributed by atoms with E-state index < -0.39 is 26.5 Å². The smallest absolute Gasteiger partial charge is 0.463 e. The van der Waals surface area contributed by atoms with E-state index in [9.17, 15) is 24.2 Å². The van der Waals surface area contributed by atoms with Crippen molar-refractivity contribution < 1.29 is 37.9 Å². The first-order chi connectivity index (χ1) is 30.8. The number of esters is 1. The number of aliphatic hydroxyl groups is 1. The Labute approximate surface area is 385 Å². The number of ether oxygens (including phenoxy) is 1. The molecule has 1 amide bonds. The Kier molecular flexibility index (Phi) is 46.5. The van der Waals surface area contributed by atoms with Gasteiger partial charge in [-0.1, -0.05) is 214 Å². The fourth-order valence-corrected chi connectivity index (χ4v) is 7.36. The summed E-state index contributed by atoms with van der Waals surface area (Å²) in [6, 6.07) is 0. The highest BCUT2D eigenvalue weighted by atomic mass is 31.2. The third-order valence-electron chi connectivity index (χ3n) is 10.3. The summed E-state index contributed by atoms with van der Waals surface area (Å²) in [5.74, 6) is -0.577. The van der Waals surface area contributed by atoms with Crippen molar-refractivity contribution in [3.8, 4) is 0 Å². The van der Waals surface area contributed by atoms with E-state index in [1.54, 1.807) is 0 Å². The molecule has 0 saturated heterocycles. The van der Waals surface area contributed by atoms with E-state index in [1.807, 2.05) is 6.08 Å². The summed E-state index contributed by atoms with van der Waals surface area (Å²) in [4.78, 5) is 34.0. The Morgan fingerprint density at radius 2 is 0.905 bits per heavy atom. The van der Waals surface area contributed by atoms with E-state index in [2.05, 4.69) is 98.2 Å². The predicted octanol–water partition coefficient (Wildman–Crippen LogP) is 14.8. The molecule has 0 rings (SSSR count). The molecule has 2 unspecified atom stereocenters. The van der Waals surface area contributed by atoms with Crippen LogP contribution in [0.3, 0.4) is 0 Å². The quantitative estimate of drug-likeness (QED) is 0.0238. The van der Waals surface area contributed by atoms with Gasteiger partial charge in [-0.3, -0.25) is 18.6 Å². The van der Waals surface area contributed by atoms with Crippen LogP contribution >= 0.6 is 7.82 Å². The Morgan fingerprint density at radius 3 is 1.33 bits per heavy atom. The normalized spacial score (nSPS) is 13.9. The lowest BCUT2D eigenvalue weighted by Gasteiger charge is -2.15. The van der Waals surface area contributed by atoms with E-state index in [0.717, 1.165) is 70.6 Å². The van der Waals surface area contributed by atoms with Crippen molar-refractivity contribution in [2.75, 3.05) is 26.4 Å². The highest BCUT2D eigenvalue weighted by molar-refractivity contribution is 7.47. The standard InChI is InChI=1S/C53H92NO8P/c1-3-5-7-9-11-13-15-17-19-21-23-24-25-26-28-30-32-34-36-38-40-42-44-46-53(57)60-49-51(55)50-62-63(58,59)61-48-47-54-52(56)45-43-41-39-37-35-33-31-29-27-22-20-18-16-14-12-10-8-6-4-2/h5,7,11,13,17,19,23-24,26,28,32,34,38,40,51,55H,3-4,6,8-10,12,14-16,18,20-22,25,27,29-31,33,35-37,39,41-50H2,1-2H3,(H,54,56)(H,58,59)/b7-5-,13-11-,19-17-,24-23-,28-26-,34-32-,40-38-. The largest absolute Gasteiger partial charge is 0.472 e. The topological polar surface area (TPSA) is 131 Å². The van der Waals surface area contributed by atoms with Gasteiger partial charge in [0.25, 0.3) is 0 Å². The van der Waals surface area contributed by atoms with E-state index in [-0.39, 0.29) is 32.1 Å². The van der Waals surface area contributed by atoms with Gasteiger partial charge in [-0.15, -0.1) is 0 Å². The Balaban J connectivity index is 3.67. The number of carbonyl (C=O) groups is 2. The van der Waals surface area contributed by atoms with Crippen molar-refractivity contribution in [2.45, 2.75) is 213 Å². The van der Waals surface area contributed by atoms with Gasteiger partial charge in [0, 0.05) is 19.4 Å². The first kappa shape index (κ1) is 60.2. The van der Waals surface area contributed by atoms with Crippen LogP contribution in [0.25, 0.3) is 0 Å². The lowest BCUT2D eigenvalue weighted by Crippen LogP contribution is -2.27. The Bertz CT molecular complexity index is 1300. The number of phosphoric ester groups is 1. The number of unbranched alkanes of at least 4 members (excludes halogenated alkanes) is 19. The molecule has 0 radical (unpaired) electrons. The zero-order valence-corrected chi connectivity index (χ0v) is 40.9. The van der Waals surface area contributed by atoms with Crippen LogP contribution in [0.15, 0.2) is 85.1 Å². The van der Waals surface area contributed by atoms with E-state index in [4.69, 9.17) is 13.8 Å². The Morgan fingerprint density at radius 1 is 0.508 bits per heavy atom. The average molecular weight is 902 g/mol. The van der Waals surface area contributed by atoms with Gasteiger partial charge >= 0.3 is 13.8 Å². The number of hydrogen-bond donors (Lipinski definition) is 3. The molecule has 0 heterocycles. The molecule has 0 aromatic rings. The lowest BCUT2D eigenvalue weighted by atomic mass is 10.0. The molecule has 0 bridgehead atoms. The fraction of sp³-hybridized carbons (Fsp3) is 0.698. The van der Waals surface area contributed by atoms with Gasteiger partial charge < -0.3 is 20.1 Å². The molecule has 2 atom stereocenters. The van der Waals surface area contributed by atoms with Crippen LogP contribution in [-0.4, -0.2) is 54.3 Å². The molecule has 362 valence electrons. The second-order valence-corrected chi connectivity index (χ2v) is 17.9. The van der Waals surface area contributed by atoms with Gasteiger partial charge in [0.2, 0.25) is 5.91 Å². The van der Waals surface area contributed by atoms with Crippen LogP contribution in [0.5, 0.6) is 0 Å². The lowest BCUT2D eigenvalue weighted by molar-refractivity contribution is -0.147. The molecule has 0 aliphatic rings. The van der Waals surface area contributed by atoms with Gasteiger partial charge in [-0.25, -0.2) is 4.57 Å². The van der Waals surface area contributed by atoms with Gasteiger partial charge in [0.1, 0.15) is 12.7 Å². The molecule has 0 fully saturated rings. The maximum absolute atomic E-state index is 12.1. The Hall–Kier alpha value is -2.81. The molecule has 0 spiro atoms. The van der Waals surface area contributed by atoms with Gasteiger partial charge in [-0.2, -0.15) is 0 Å². The molecular weight excluding hydrogens is 810 g/mol. The molecule has 0 aromatic heterocycles. The van der Waals surface area contributed by atoms with Crippen LogP contribution in [-0.2, 0) is 27.9 Å². The van der Waals surface area contributed by atoms with Crippen molar-refractivity contribution in [3.63, 3.8) is 0 Å². The first-order valence-electron chi connectivity index (χ1n) is 25.1. The third kappa shape index (κ3) is 50.1. The first-order valence-corrected chi connectivity index (χ1v) is 26.6. The van der Waals surface area contributed by atoms with Crippen LogP contribution in [0, 0.1) is 0 Å². The van der Waals surface area contributed by atoms with Gasteiger partial charge in [0.05, 0.1) is 13.2 Å². The van der Waals surface area contributed by atoms with Crippen molar-refractivity contribution in [2.24, 2.45) is 0 Å². The second-order valence-electron chi connectivity index (χ2n) is 16.4. The molecule has 0 aromatic carbocycles. The van der Waals surface area contributed by atoms with Gasteiger partial charge in [0.15, 0.2) is 0 Å². The van der Waals surface area contributed by atoms with Crippen molar-refractivity contribution in [3.05, 3.63) is 85.1 Å². The van der Waals surface area contributed by atoms with Gasteiger partial charge in [-0.05, 0) is 64.2 Å². The van der Waals surface area contributed by atoms with E-state index in [0.29, 0.717) is 12.8 Å². The number of rotatable bonds is 46. The number of aliphatic hydroxyl groups excluding tert-OH is 1. The van der Waals surface area contributed by atoms with E-state index in [1.165, 1.54) is 103 Å². The number of carbonyl (C=O) groups excluding carboxylic acids is 2. The number of nitrogens with one attached hydrogen (secondary N) is 1. The highest BCUT2D eigenvalue weighted by Gasteiger charge is 2.23. The summed E-state index contributed by atoms with van der Waals surface area (Å²) in [5.41, 5.74) is 0. The monoisotopic (exact) mass is 902 g/mol. The summed E-state index contributed by atoms with van der Waals surface area (Å²) < 4.78 is 26.9. The zero-order chi connectivity index (χ0) is 46.0. The SMILES string of the molecule is CC/C=C\C/C=C\C/C=C\C/C=C\C/C=C\C/C=C\C/C=C\CCCC(=O)OCC(O)COP(=O)(O)OCCNC(=O)CCCCCCCCCCCCCCCCCCCCC. The average Bonchev–Trinajstić information content (AvgIpc) is 3.27. The van der Waals surface area contributed by atoms with E-state index >= 15 is 0 Å². The van der Waals surface area contributed by atoms with Crippen molar-refractivity contribution in [1.29, 1.82) is 0 Å². The summed E-state index contributed by atoms with van der Waals surface area (Å²) >= 11 is 0. The minimum atomic E-state index is -4.44. The third-order valence-corrected chi connectivity index (χ3v) is 11.3. The maximum Gasteiger partial charge on any atom is 0.472 e. The summed E-state index contributed by atoms with van der Waals surface area (Å²) in [7, 11) is -4.44. The van der Waals surface area contributed by atoms with Crippen molar-refractivity contribution >= 4 is 19.7 Å². The summed E-state index contributed by atoms with van der Waals surface area (Å²) in [6.45, 7) is 3.39. The molecule has 0 saturated carbocycles. The fourth-order valence-electron chi connectivity index (χ4n) is 6.61. The van der Waals surface area contributed by atoms with Crippen LogP contribution in [0.1, 0.15) is 206 Å². The number of hydrogen-bond acceptors (Lipinski definition) is 7. The summed E-state index contributed by atoms with van der Waals surface area (Å²) in [6.07, 6.45) is 62.4. The number of phosphoric acid groups is 1. The number of allylic oxidation sites excluding steroid dienone is 14. The molecule has 0 aliphatic heterocycles. The molecule has 63 heavy (non-hydrogen) atoms. The molecule has 3 N–H and O–H groups in total. The van der Waals surface area contributed by atoms with Crippen LogP contribution in [0.4, 0.5) is 0 Å². The minimum absolute atomic E-state index is 0.0731. The second kappa shape index (κ2) is 48.6. The zero-order valence-electron chi connectivity index (χ0n) is 40.0. The maximum atomic E-state index is 12.1. The molecule has 0 aliphatic carbocycles. The highest BCUT2D eigenvalue weighted by Crippen LogP contribution is 2.42. The predicted molar refractivity (Wildman–Crippen MR) is 266 cm³/mol. The van der Waals surface area contributed by atoms with Crippen LogP contribution in [0.2, 0.25) is 0 Å². The summed E-state index contributed by atoms with van der Waals surface area (Å²) in [5, 5.41) is 12.7. The molecule has 10 heteroatoms. The minimum Gasteiger partial charge on any atom is -0.463 e. The van der Waals surface area contributed by atoms with Crippen LogP contribution < -0.4 is 5.32 Å². The molecule has 9 nitrogen and oxygen atoms in total.